The van der Waals surface area contributed by atoms with E-state index in [0.29, 0.717) is 0 Å². The van der Waals surface area contributed by atoms with Crippen LogP contribution in [-0.4, -0.2) is 22.7 Å². The molecule has 1 aromatic heterocycles. The van der Waals surface area contributed by atoms with Crippen LogP contribution in [0, 0.1) is 6.92 Å². The van der Waals surface area contributed by atoms with Crippen molar-refractivity contribution in [3.05, 3.63) is 52.0 Å². The molecule has 0 saturated carbocycles. The maximum atomic E-state index is 9.51. The summed E-state index contributed by atoms with van der Waals surface area (Å²) >= 11 is 1.66. The van der Waals surface area contributed by atoms with Crippen LogP contribution in [0.4, 0.5) is 0 Å². The molecule has 2 N–H and O–H groups in total. The Morgan fingerprint density at radius 1 is 1.32 bits per heavy atom. The zero-order chi connectivity index (χ0) is 13.7. The fourth-order valence-electron chi connectivity index (χ4n) is 2.09. The van der Waals surface area contributed by atoms with E-state index in [1.54, 1.807) is 11.3 Å². The standard InChI is InChI=1S/C15H20N2OS/c1-11(15-10-19-12(2)17-15)16-14(9-18)8-13-6-4-3-5-7-13/h3-7,10-11,14,16,18H,8-9H2,1-2H3. The smallest absolute Gasteiger partial charge is 0.0898 e. The second kappa shape index (κ2) is 6.80. The van der Waals surface area contributed by atoms with Crippen molar-refractivity contribution in [1.82, 2.24) is 10.3 Å². The highest BCUT2D eigenvalue weighted by molar-refractivity contribution is 7.09. The Morgan fingerprint density at radius 2 is 2.05 bits per heavy atom. The van der Waals surface area contributed by atoms with Crippen LogP contribution >= 0.6 is 11.3 Å². The average Bonchev–Trinajstić information content (AvgIpc) is 2.86. The minimum Gasteiger partial charge on any atom is -0.395 e. The number of benzene rings is 1. The van der Waals surface area contributed by atoms with Crippen molar-refractivity contribution >= 4 is 11.3 Å². The average molecular weight is 276 g/mol. The molecule has 0 amide bonds. The highest BCUT2D eigenvalue weighted by Gasteiger charge is 2.15. The first kappa shape index (κ1) is 14.2. The molecule has 0 aliphatic rings. The number of aliphatic hydroxyl groups excluding tert-OH is 1. The van der Waals surface area contributed by atoms with Gasteiger partial charge in [-0.3, -0.25) is 0 Å². The van der Waals surface area contributed by atoms with Gasteiger partial charge in [-0.25, -0.2) is 4.98 Å². The second-order valence-electron chi connectivity index (χ2n) is 4.75. The lowest BCUT2D eigenvalue weighted by Crippen LogP contribution is -2.36. The topological polar surface area (TPSA) is 45.2 Å². The maximum Gasteiger partial charge on any atom is 0.0898 e. The Morgan fingerprint density at radius 3 is 2.63 bits per heavy atom. The zero-order valence-electron chi connectivity index (χ0n) is 11.3. The van der Waals surface area contributed by atoms with Gasteiger partial charge in [-0.2, -0.15) is 0 Å². The molecule has 1 heterocycles. The molecule has 0 fully saturated rings. The molecule has 2 unspecified atom stereocenters. The number of aliphatic hydroxyl groups is 1. The van der Waals surface area contributed by atoms with Gasteiger partial charge in [0.1, 0.15) is 0 Å². The Balaban J connectivity index is 1.95. The lowest BCUT2D eigenvalue weighted by atomic mass is 10.1. The summed E-state index contributed by atoms with van der Waals surface area (Å²) in [7, 11) is 0. The summed E-state index contributed by atoms with van der Waals surface area (Å²) in [6, 6.07) is 10.4. The highest BCUT2D eigenvalue weighted by Crippen LogP contribution is 2.17. The van der Waals surface area contributed by atoms with Crippen LogP contribution in [0.3, 0.4) is 0 Å². The van der Waals surface area contributed by atoms with Gasteiger partial charge in [0.2, 0.25) is 0 Å². The molecule has 0 radical (unpaired) electrons. The van der Waals surface area contributed by atoms with E-state index in [9.17, 15) is 5.11 Å². The van der Waals surface area contributed by atoms with Crippen LogP contribution in [0.25, 0.3) is 0 Å². The lowest BCUT2D eigenvalue weighted by molar-refractivity contribution is 0.232. The van der Waals surface area contributed by atoms with E-state index in [1.807, 2.05) is 25.1 Å². The molecule has 4 heteroatoms. The molecule has 3 nitrogen and oxygen atoms in total. The van der Waals surface area contributed by atoms with Crippen molar-refractivity contribution < 1.29 is 5.11 Å². The number of nitrogens with zero attached hydrogens (tertiary/aromatic N) is 1. The summed E-state index contributed by atoms with van der Waals surface area (Å²) in [5.41, 5.74) is 2.28. The summed E-state index contributed by atoms with van der Waals surface area (Å²) < 4.78 is 0. The quantitative estimate of drug-likeness (QED) is 0.852. The molecule has 1 aromatic carbocycles. The minimum atomic E-state index is 0.0550. The third-order valence-electron chi connectivity index (χ3n) is 3.11. The molecule has 19 heavy (non-hydrogen) atoms. The van der Waals surface area contributed by atoms with Gasteiger partial charge >= 0.3 is 0 Å². The minimum absolute atomic E-state index is 0.0550. The van der Waals surface area contributed by atoms with Crippen LogP contribution in [-0.2, 0) is 6.42 Å². The molecule has 2 aromatic rings. The van der Waals surface area contributed by atoms with Gasteiger partial charge in [-0.1, -0.05) is 30.3 Å². The van der Waals surface area contributed by atoms with Crippen molar-refractivity contribution in [1.29, 1.82) is 0 Å². The first-order valence-corrected chi connectivity index (χ1v) is 7.40. The van der Waals surface area contributed by atoms with E-state index in [2.05, 4.69) is 34.7 Å². The van der Waals surface area contributed by atoms with Crippen LogP contribution in [0.1, 0.15) is 29.2 Å². The first-order valence-electron chi connectivity index (χ1n) is 6.52. The van der Waals surface area contributed by atoms with E-state index in [-0.39, 0.29) is 18.7 Å². The van der Waals surface area contributed by atoms with Crippen molar-refractivity contribution in [2.24, 2.45) is 0 Å². The summed E-state index contributed by atoms with van der Waals surface area (Å²) in [6.45, 7) is 4.22. The van der Waals surface area contributed by atoms with Crippen molar-refractivity contribution in [3.8, 4) is 0 Å². The van der Waals surface area contributed by atoms with Gasteiger partial charge in [0.25, 0.3) is 0 Å². The molecule has 0 bridgehead atoms. The van der Waals surface area contributed by atoms with Gasteiger partial charge in [0.05, 0.1) is 17.3 Å². The Bertz CT molecular complexity index is 498. The SMILES string of the molecule is Cc1nc(C(C)NC(CO)Cc2ccccc2)cs1. The van der Waals surface area contributed by atoms with Crippen LogP contribution < -0.4 is 5.32 Å². The molecule has 102 valence electrons. The summed E-state index contributed by atoms with van der Waals surface area (Å²) in [4.78, 5) is 4.48. The fraction of sp³-hybridized carbons (Fsp3) is 0.400. The predicted molar refractivity (Wildman–Crippen MR) is 79.4 cm³/mol. The van der Waals surface area contributed by atoms with Crippen molar-refractivity contribution in [2.45, 2.75) is 32.4 Å². The Labute approximate surface area is 118 Å². The number of aryl methyl sites for hydroxylation is 1. The summed E-state index contributed by atoms with van der Waals surface area (Å²) in [5.74, 6) is 0. The molecular weight excluding hydrogens is 256 g/mol. The van der Waals surface area contributed by atoms with E-state index in [1.165, 1.54) is 5.56 Å². The molecule has 2 rings (SSSR count). The number of hydrogen-bond donors (Lipinski definition) is 2. The van der Waals surface area contributed by atoms with Crippen LogP contribution in [0.2, 0.25) is 0 Å². The Hall–Kier alpha value is -1.23. The fourth-order valence-corrected chi connectivity index (χ4v) is 2.80. The zero-order valence-corrected chi connectivity index (χ0v) is 12.2. The number of rotatable bonds is 6. The maximum absolute atomic E-state index is 9.51. The molecule has 0 saturated heterocycles. The van der Waals surface area contributed by atoms with Crippen LogP contribution in [0.15, 0.2) is 35.7 Å². The van der Waals surface area contributed by atoms with E-state index in [4.69, 9.17) is 0 Å². The Kier molecular flexibility index (Phi) is 5.07. The van der Waals surface area contributed by atoms with Gasteiger partial charge in [-0.15, -0.1) is 11.3 Å². The third-order valence-corrected chi connectivity index (χ3v) is 3.90. The van der Waals surface area contributed by atoms with Crippen LogP contribution in [0.5, 0.6) is 0 Å². The molecule has 0 aliphatic heterocycles. The number of hydrogen-bond acceptors (Lipinski definition) is 4. The molecule has 0 spiro atoms. The number of aromatic nitrogens is 1. The molecule has 2 atom stereocenters. The lowest BCUT2D eigenvalue weighted by Gasteiger charge is -2.20. The van der Waals surface area contributed by atoms with E-state index >= 15 is 0 Å². The summed E-state index contributed by atoms with van der Waals surface area (Å²) in [6.07, 6.45) is 0.824. The monoisotopic (exact) mass is 276 g/mol. The van der Waals surface area contributed by atoms with E-state index in [0.717, 1.165) is 17.1 Å². The largest absolute Gasteiger partial charge is 0.395 e. The predicted octanol–water partition coefficient (Wildman–Crippen LogP) is 2.71. The molecular formula is C15H20N2OS. The van der Waals surface area contributed by atoms with Gasteiger partial charge < -0.3 is 10.4 Å². The summed E-state index contributed by atoms with van der Waals surface area (Å²) in [5, 5.41) is 16.1. The number of nitrogens with one attached hydrogen (secondary N) is 1. The first-order chi connectivity index (χ1) is 9.19. The van der Waals surface area contributed by atoms with Gasteiger partial charge in [0.15, 0.2) is 0 Å². The van der Waals surface area contributed by atoms with E-state index < -0.39 is 0 Å². The normalized spacial score (nSPS) is 14.3. The van der Waals surface area contributed by atoms with Crippen molar-refractivity contribution in [3.63, 3.8) is 0 Å². The van der Waals surface area contributed by atoms with Gasteiger partial charge in [-0.05, 0) is 25.8 Å². The van der Waals surface area contributed by atoms with Gasteiger partial charge in [0, 0.05) is 17.5 Å². The molecule has 0 aliphatic carbocycles. The van der Waals surface area contributed by atoms with Crippen molar-refractivity contribution in [2.75, 3.05) is 6.61 Å². The highest BCUT2D eigenvalue weighted by atomic mass is 32.1. The number of thiazole rings is 1. The third kappa shape index (κ3) is 4.13. The second-order valence-corrected chi connectivity index (χ2v) is 5.81.